The number of aromatic nitrogens is 1. The zero-order chi connectivity index (χ0) is 8.81. The predicted molar refractivity (Wildman–Crippen MR) is 52.0 cm³/mol. The lowest BCUT2D eigenvalue weighted by Gasteiger charge is -2.05. The van der Waals surface area contributed by atoms with Gasteiger partial charge in [0.15, 0.2) is 0 Å². The van der Waals surface area contributed by atoms with E-state index in [-0.39, 0.29) is 5.38 Å². The van der Waals surface area contributed by atoms with Crippen molar-refractivity contribution < 1.29 is 4.74 Å². The maximum atomic E-state index is 5.95. The molecule has 1 aromatic heterocycles. The van der Waals surface area contributed by atoms with Crippen LogP contribution < -0.4 is 0 Å². The molecule has 4 heteroatoms. The minimum atomic E-state index is 0.110. The molecule has 1 unspecified atom stereocenters. The highest BCUT2D eigenvalue weighted by Crippen LogP contribution is 2.11. The zero-order valence-corrected chi connectivity index (χ0v) is 8.57. The van der Waals surface area contributed by atoms with E-state index in [2.05, 4.69) is 4.98 Å². The van der Waals surface area contributed by atoms with Gasteiger partial charge in [-0.05, 0) is 6.42 Å². The largest absolute Gasteiger partial charge is 0.383 e. The molecular formula is C8H12ClNOS. The lowest BCUT2D eigenvalue weighted by atomic mass is 10.2. The van der Waals surface area contributed by atoms with E-state index in [0.29, 0.717) is 6.61 Å². The van der Waals surface area contributed by atoms with Gasteiger partial charge in [0, 0.05) is 25.1 Å². The van der Waals surface area contributed by atoms with Crippen LogP contribution in [0, 0.1) is 0 Å². The summed E-state index contributed by atoms with van der Waals surface area (Å²) in [6.45, 7) is 0.618. The second-order valence-electron chi connectivity index (χ2n) is 2.52. The molecule has 0 saturated carbocycles. The molecule has 0 radical (unpaired) electrons. The van der Waals surface area contributed by atoms with Crippen LogP contribution in [-0.4, -0.2) is 24.1 Å². The summed E-state index contributed by atoms with van der Waals surface area (Å²) in [5.41, 5.74) is 0. The minimum Gasteiger partial charge on any atom is -0.383 e. The van der Waals surface area contributed by atoms with Crippen molar-refractivity contribution in [2.75, 3.05) is 13.7 Å². The second kappa shape index (κ2) is 5.51. The predicted octanol–water partition coefficient (Wildman–Crippen LogP) is 2.33. The van der Waals surface area contributed by atoms with E-state index >= 15 is 0 Å². The van der Waals surface area contributed by atoms with Gasteiger partial charge in [-0.3, -0.25) is 0 Å². The van der Waals surface area contributed by atoms with Gasteiger partial charge >= 0.3 is 0 Å². The number of alkyl halides is 1. The molecule has 0 amide bonds. The van der Waals surface area contributed by atoms with Crippen LogP contribution in [0.5, 0.6) is 0 Å². The fourth-order valence-corrected chi connectivity index (χ4v) is 1.79. The average Bonchev–Trinajstić information content (AvgIpc) is 2.53. The van der Waals surface area contributed by atoms with Crippen molar-refractivity contribution >= 4 is 22.9 Å². The summed E-state index contributed by atoms with van der Waals surface area (Å²) in [7, 11) is 1.67. The SMILES string of the molecule is COCC(Cl)CCc1nccs1. The van der Waals surface area contributed by atoms with E-state index in [1.807, 2.05) is 11.6 Å². The number of nitrogens with zero attached hydrogens (tertiary/aromatic N) is 1. The first-order valence-corrected chi connectivity index (χ1v) is 5.16. The standard InChI is InChI=1S/C8H12ClNOS/c1-11-6-7(9)2-3-8-10-4-5-12-8/h4-5,7H,2-3,6H2,1H3. The van der Waals surface area contributed by atoms with Gasteiger partial charge in [0.1, 0.15) is 0 Å². The van der Waals surface area contributed by atoms with Crippen LogP contribution in [0.3, 0.4) is 0 Å². The Morgan fingerprint density at radius 3 is 3.17 bits per heavy atom. The van der Waals surface area contributed by atoms with Crippen LogP contribution in [0.25, 0.3) is 0 Å². The number of thiazole rings is 1. The summed E-state index contributed by atoms with van der Waals surface area (Å²) in [5, 5.41) is 3.24. The highest BCUT2D eigenvalue weighted by Gasteiger charge is 2.04. The molecule has 0 saturated heterocycles. The Balaban J connectivity index is 2.17. The van der Waals surface area contributed by atoms with Crippen LogP contribution in [-0.2, 0) is 11.2 Å². The topological polar surface area (TPSA) is 22.1 Å². The van der Waals surface area contributed by atoms with E-state index in [9.17, 15) is 0 Å². The molecule has 0 spiro atoms. The molecule has 0 fully saturated rings. The molecule has 1 aromatic rings. The van der Waals surface area contributed by atoms with Gasteiger partial charge in [-0.15, -0.1) is 22.9 Å². The van der Waals surface area contributed by atoms with Crippen molar-refractivity contribution in [3.05, 3.63) is 16.6 Å². The molecule has 1 rings (SSSR count). The molecule has 68 valence electrons. The Labute approximate surface area is 81.5 Å². The Kier molecular flexibility index (Phi) is 4.58. The minimum absolute atomic E-state index is 0.110. The molecule has 1 heterocycles. The highest BCUT2D eigenvalue weighted by molar-refractivity contribution is 7.09. The fourth-order valence-electron chi connectivity index (χ4n) is 0.921. The van der Waals surface area contributed by atoms with E-state index in [1.165, 1.54) is 0 Å². The highest BCUT2D eigenvalue weighted by atomic mass is 35.5. The molecule has 12 heavy (non-hydrogen) atoms. The first-order chi connectivity index (χ1) is 5.83. The average molecular weight is 206 g/mol. The molecule has 2 nitrogen and oxygen atoms in total. The molecular weight excluding hydrogens is 194 g/mol. The number of ether oxygens (including phenoxy) is 1. The van der Waals surface area contributed by atoms with Gasteiger partial charge in [0.05, 0.1) is 17.0 Å². The summed E-state index contributed by atoms with van der Waals surface area (Å²) < 4.78 is 4.92. The molecule has 0 N–H and O–H groups in total. The summed E-state index contributed by atoms with van der Waals surface area (Å²) in [6.07, 6.45) is 3.71. The molecule has 0 aliphatic heterocycles. The fraction of sp³-hybridized carbons (Fsp3) is 0.625. The van der Waals surface area contributed by atoms with Crippen LogP contribution in [0.1, 0.15) is 11.4 Å². The maximum Gasteiger partial charge on any atom is 0.0925 e. The number of hydrogen-bond donors (Lipinski definition) is 0. The molecule has 0 aliphatic carbocycles. The van der Waals surface area contributed by atoms with Gasteiger partial charge in [0.2, 0.25) is 0 Å². The third-order valence-electron chi connectivity index (χ3n) is 1.50. The van der Waals surface area contributed by atoms with E-state index in [1.54, 1.807) is 18.4 Å². The summed E-state index contributed by atoms with van der Waals surface area (Å²) in [5.74, 6) is 0. The summed E-state index contributed by atoms with van der Waals surface area (Å²) >= 11 is 7.62. The smallest absolute Gasteiger partial charge is 0.0925 e. The van der Waals surface area contributed by atoms with Crippen molar-refractivity contribution in [1.82, 2.24) is 4.98 Å². The van der Waals surface area contributed by atoms with E-state index in [4.69, 9.17) is 16.3 Å². The molecule has 1 atom stereocenters. The maximum absolute atomic E-state index is 5.95. The number of halogens is 1. The van der Waals surface area contributed by atoms with E-state index < -0.39 is 0 Å². The second-order valence-corrected chi connectivity index (χ2v) is 4.11. The van der Waals surface area contributed by atoms with Crippen LogP contribution >= 0.6 is 22.9 Å². The van der Waals surface area contributed by atoms with Gasteiger partial charge in [0.25, 0.3) is 0 Å². The van der Waals surface area contributed by atoms with Crippen LogP contribution in [0.15, 0.2) is 11.6 Å². The van der Waals surface area contributed by atoms with Crippen LogP contribution in [0.4, 0.5) is 0 Å². The van der Waals surface area contributed by atoms with Gasteiger partial charge in [-0.25, -0.2) is 4.98 Å². The Morgan fingerprint density at radius 1 is 1.75 bits per heavy atom. The van der Waals surface area contributed by atoms with Crippen molar-refractivity contribution in [3.63, 3.8) is 0 Å². The van der Waals surface area contributed by atoms with Crippen molar-refractivity contribution in [3.8, 4) is 0 Å². The lowest BCUT2D eigenvalue weighted by molar-refractivity contribution is 0.195. The van der Waals surface area contributed by atoms with E-state index in [0.717, 1.165) is 17.8 Å². The van der Waals surface area contributed by atoms with Crippen LogP contribution in [0.2, 0.25) is 0 Å². The summed E-state index contributed by atoms with van der Waals surface area (Å²) in [4.78, 5) is 4.17. The van der Waals surface area contributed by atoms with Gasteiger partial charge in [-0.2, -0.15) is 0 Å². The molecule has 0 bridgehead atoms. The summed E-state index contributed by atoms with van der Waals surface area (Å²) in [6, 6.07) is 0. The number of rotatable bonds is 5. The van der Waals surface area contributed by atoms with Gasteiger partial charge in [-0.1, -0.05) is 0 Å². The first kappa shape index (κ1) is 9.96. The monoisotopic (exact) mass is 205 g/mol. The van der Waals surface area contributed by atoms with Crippen molar-refractivity contribution in [2.24, 2.45) is 0 Å². The third-order valence-corrected chi connectivity index (χ3v) is 2.69. The number of hydrogen-bond acceptors (Lipinski definition) is 3. The normalized spacial score (nSPS) is 13.2. The lowest BCUT2D eigenvalue weighted by Crippen LogP contribution is -2.08. The Morgan fingerprint density at radius 2 is 2.58 bits per heavy atom. The Hall–Kier alpha value is -0.120. The molecule has 0 aromatic carbocycles. The zero-order valence-electron chi connectivity index (χ0n) is 7.00. The number of aryl methyl sites for hydroxylation is 1. The first-order valence-electron chi connectivity index (χ1n) is 3.84. The molecule has 0 aliphatic rings. The van der Waals surface area contributed by atoms with Gasteiger partial charge < -0.3 is 4.74 Å². The van der Waals surface area contributed by atoms with Crippen molar-refractivity contribution in [1.29, 1.82) is 0 Å². The quantitative estimate of drug-likeness (QED) is 0.689. The Bertz CT molecular complexity index is 203. The third kappa shape index (κ3) is 3.52. The van der Waals surface area contributed by atoms with Crippen molar-refractivity contribution in [2.45, 2.75) is 18.2 Å². The number of methoxy groups -OCH3 is 1.